The van der Waals surface area contributed by atoms with E-state index >= 15 is 0 Å². The molecular formula is C20H27N5O5. The van der Waals surface area contributed by atoms with Gasteiger partial charge in [-0.3, -0.25) is 14.2 Å². The van der Waals surface area contributed by atoms with Crippen LogP contribution in [0.4, 0.5) is 4.79 Å². The summed E-state index contributed by atoms with van der Waals surface area (Å²) in [5.41, 5.74) is 1.53. The van der Waals surface area contributed by atoms with Crippen LogP contribution < -0.4 is 11.0 Å². The van der Waals surface area contributed by atoms with E-state index in [1.54, 1.807) is 16.4 Å². The molecule has 0 spiro atoms. The maximum absolute atomic E-state index is 12.6. The maximum atomic E-state index is 12.6. The number of aromatic nitrogens is 2. The van der Waals surface area contributed by atoms with Crippen molar-refractivity contribution in [2.45, 2.75) is 25.8 Å². The van der Waals surface area contributed by atoms with E-state index in [2.05, 4.69) is 10.3 Å². The van der Waals surface area contributed by atoms with Crippen molar-refractivity contribution < 1.29 is 19.1 Å². The van der Waals surface area contributed by atoms with Crippen LogP contribution in [0, 0.1) is 0 Å². The Bertz CT molecular complexity index is 973. The van der Waals surface area contributed by atoms with E-state index < -0.39 is 12.0 Å². The summed E-state index contributed by atoms with van der Waals surface area (Å²) in [5, 5.41) is 2.42. The number of likely N-dealkylation sites (N-methyl/N-ethyl adjacent to an activating group) is 1. The van der Waals surface area contributed by atoms with Gasteiger partial charge in [0.2, 0.25) is 5.91 Å². The van der Waals surface area contributed by atoms with Gasteiger partial charge in [0.1, 0.15) is 13.1 Å². The predicted molar refractivity (Wildman–Crippen MR) is 110 cm³/mol. The van der Waals surface area contributed by atoms with Gasteiger partial charge in [0.25, 0.3) is 0 Å². The van der Waals surface area contributed by atoms with Gasteiger partial charge in [0.15, 0.2) is 0 Å². The SMILES string of the molecule is CCOC(=O)CNC(=O)N(C)CC(=O)N1CCC(n2c(=O)[nH]c3ccccc32)CC1. The van der Waals surface area contributed by atoms with Crippen molar-refractivity contribution in [2.75, 3.05) is 39.8 Å². The van der Waals surface area contributed by atoms with E-state index in [0.717, 1.165) is 11.0 Å². The lowest BCUT2D eigenvalue weighted by molar-refractivity contribution is -0.141. The number of nitrogens with zero attached hydrogens (tertiary/aromatic N) is 3. The summed E-state index contributed by atoms with van der Waals surface area (Å²) >= 11 is 0. The number of ether oxygens (including phenoxy) is 1. The molecule has 0 saturated carbocycles. The van der Waals surface area contributed by atoms with Gasteiger partial charge in [-0.15, -0.1) is 0 Å². The number of nitrogens with one attached hydrogen (secondary N) is 2. The van der Waals surface area contributed by atoms with Crippen molar-refractivity contribution >= 4 is 28.9 Å². The number of rotatable bonds is 6. The van der Waals surface area contributed by atoms with Gasteiger partial charge >= 0.3 is 17.7 Å². The average Bonchev–Trinajstić information content (AvgIpc) is 3.07. The van der Waals surface area contributed by atoms with Gasteiger partial charge < -0.3 is 24.8 Å². The first-order valence-corrected chi connectivity index (χ1v) is 10.0. The van der Waals surface area contributed by atoms with E-state index in [4.69, 9.17) is 4.74 Å². The minimum atomic E-state index is -0.528. The van der Waals surface area contributed by atoms with Crippen LogP contribution in [0.25, 0.3) is 11.0 Å². The first-order chi connectivity index (χ1) is 14.4. The molecule has 10 heteroatoms. The number of fused-ring (bicyclic) bond motifs is 1. The Kier molecular flexibility index (Phi) is 6.76. The standard InChI is InChI=1S/C20H27N5O5/c1-3-30-18(27)12-21-19(28)23(2)13-17(26)24-10-8-14(9-11-24)25-16-7-5-4-6-15(16)22-20(25)29/h4-7,14H,3,8-13H2,1-2H3,(H,21,28)(H,22,29). The summed E-state index contributed by atoms with van der Waals surface area (Å²) < 4.78 is 6.52. The fourth-order valence-corrected chi connectivity index (χ4v) is 3.68. The summed E-state index contributed by atoms with van der Waals surface area (Å²) in [6.07, 6.45) is 1.32. The second-order valence-corrected chi connectivity index (χ2v) is 7.25. The fraction of sp³-hybridized carbons (Fsp3) is 0.500. The van der Waals surface area contributed by atoms with Crippen molar-refractivity contribution in [2.24, 2.45) is 0 Å². The summed E-state index contributed by atoms with van der Waals surface area (Å²) in [7, 11) is 1.50. The van der Waals surface area contributed by atoms with Gasteiger partial charge in [-0.25, -0.2) is 9.59 Å². The Morgan fingerprint density at radius 1 is 1.23 bits per heavy atom. The number of H-pyrrole nitrogens is 1. The number of para-hydroxylation sites is 2. The van der Waals surface area contributed by atoms with Crippen LogP contribution in [0.1, 0.15) is 25.8 Å². The number of aromatic amines is 1. The Labute approximate surface area is 173 Å². The monoisotopic (exact) mass is 417 g/mol. The van der Waals surface area contributed by atoms with Crippen molar-refractivity contribution in [3.63, 3.8) is 0 Å². The third kappa shape index (κ3) is 4.81. The zero-order chi connectivity index (χ0) is 21.7. The molecule has 162 valence electrons. The number of carbonyl (C=O) groups excluding carboxylic acids is 3. The first-order valence-electron chi connectivity index (χ1n) is 10.0. The van der Waals surface area contributed by atoms with Crippen LogP contribution in [0.15, 0.2) is 29.1 Å². The third-order valence-electron chi connectivity index (χ3n) is 5.21. The second-order valence-electron chi connectivity index (χ2n) is 7.25. The van der Waals surface area contributed by atoms with Crippen LogP contribution in [0.5, 0.6) is 0 Å². The minimum Gasteiger partial charge on any atom is -0.465 e. The summed E-state index contributed by atoms with van der Waals surface area (Å²) in [4.78, 5) is 54.1. The second kappa shape index (κ2) is 9.47. The molecule has 3 rings (SSSR count). The molecule has 30 heavy (non-hydrogen) atoms. The molecule has 2 aromatic rings. The molecule has 10 nitrogen and oxygen atoms in total. The number of hydrogen-bond donors (Lipinski definition) is 2. The largest absolute Gasteiger partial charge is 0.465 e. The molecule has 1 aliphatic rings. The Balaban J connectivity index is 1.51. The van der Waals surface area contributed by atoms with Crippen molar-refractivity contribution in [1.82, 2.24) is 24.7 Å². The number of esters is 1. The van der Waals surface area contributed by atoms with Crippen LogP contribution >= 0.6 is 0 Å². The van der Waals surface area contributed by atoms with E-state index in [1.165, 1.54) is 11.9 Å². The van der Waals surface area contributed by atoms with Crippen LogP contribution in [-0.2, 0) is 14.3 Å². The molecule has 1 aromatic heterocycles. The summed E-state index contributed by atoms with van der Waals surface area (Å²) in [5.74, 6) is -0.700. The smallest absolute Gasteiger partial charge is 0.326 e. The predicted octanol–water partition coefficient (Wildman–Crippen LogP) is 0.698. The zero-order valence-corrected chi connectivity index (χ0v) is 17.2. The van der Waals surface area contributed by atoms with Crippen molar-refractivity contribution in [3.8, 4) is 0 Å². The Hall–Kier alpha value is -3.30. The van der Waals surface area contributed by atoms with Gasteiger partial charge in [0.05, 0.1) is 17.6 Å². The number of likely N-dealkylation sites (tertiary alicyclic amines) is 1. The first kappa shape index (κ1) is 21.4. The molecule has 3 amide bonds. The highest BCUT2D eigenvalue weighted by Crippen LogP contribution is 2.24. The highest BCUT2D eigenvalue weighted by molar-refractivity contribution is 5.85. The highest BCUT2D eigenvalue weighted by Gasteiger charge is 2.27. The quantitative estimate of drug-likeness (QED) is 0.671. The molecule has 0 aliphatic carbocycles. The lowest BCUT2D eigenvalue weighted by atomic mass is 10.0. The van der Waals surface area contributed by atoms with E-state index in [1.807, 2.05) is 24.3 Å². The molecule has 1 fully saturated rings. The van der Waals surface area contributed by atoms with Crippen molar-refractivity contribution in [1.29, 1.82) is 0 Å². The third-order valence-corrected chi connectivity index (χ3v) is 5.21. The number of amides is 3. The van der Waals surface area contributed by atoms with Gasteiger partial charge in [0, 0.05) is 26.2 Å². The molecule has 0 atom stereocenters. The van der Waals surface area contributed by atoms with Gasteiger partial charge in [-0.05, 0) is 31.9 Å². The number of imidazole rings is 1. The van der Waals surface area contributed by atoms with Gasteiger partial charge in [-0.1, -0.05) is 12.1 Å². The summed E-state index contributed by atoms with van der Waals surface area (Å²) in [6, 6.07) is 7.06. The number of benzene rings is 1. The summed E-state index contributed by atoms with van der Waals surface area (Å²) in [6.45, 7) is 2.61. The lowest BCUT2D eigenvalue weighted by Crippen LogP contribution is -2.48. The molecule has 2 heterocycles. The van der Waals surface area contributed by atoms with E-state index in [9.17, 15) is 19.2 Å². The number of piperidine rings is 1. The molecular weight excluding hydrogens is 390 g/mol. The molecule has 2 N–H and O–H groups in total. The molecule has 1 saturated heterocycles. The van der Waals surface area contributed by atoms with Crippen molar-refractivity contribution in [3.05, 3.63) is 34.7 Å². The normalized spacial score (nSPS) is 14.5. The lowest BCUT2D eigenvalue weighted by Gasteiger charge is -2.33. The number of urea groups is 1. The molecule has 1 aromatic carbocycles. The van der Waals surface area contributed by atoms with Crippen LogP contribution in [0.2, 0.25) is 0 Å². The molecule has 0 bridgehead atoms. The average molecular weight is 417 g/mol. The Morgan fingerprint density at radius 2 is 1.93 bits per heavy atom. The van der Waals surface area contributed by atoms with E-state index in [-0.39, 0.29) is 37.3 Å². The maximum Gasteiger partial charge on any atom is 0.326 e. The topological polar surface area (TPSA) is 117 Å². The van der Waals surface area contributed by atoms with Crippen LogP contribution in [-0.4, -0.2) is 77.1 Å². The molecule has 0 radical (unpaired) electrons. The van der Waals surface area contributed by atoms with Crippen LogP contribution in [0.3, 0.4) is 0 Å². The highest BCUT2D eigenvalue weighted by atomic mass is 16.5. The number of carbonyl (C=O) groups is 3. The number of hydrogen-bond acceptors (Lipinski definition) is 5. The Morgan fingerprint density at radius 3 is 2.63 bits per heavy atom. The fourth-order valence-electron chi connectivity index (χ4n) is 3.68. The molecule has 0 unspecified atom stereocenters. The molecule has 1 aliphatic heterocycles. The zero-order valence-electron chi connectivity index (χ0n) is 17.2. The van der Waals surface area contributed by atoms with E-state index in [0.29, 0.717) is 25.9 Å². The minimum absolute atomic E-state index is 0.0170. The van der Waals surface area contributed by atoms with Gasteiger partial charge in [-0.2, -0.15) is 0 Å².